The van der Waals surface area contributed by atoms with Gasteiger partial charge in [-0.15, -0.1) is 0 Å². The molecule has 0 fully saturated rings. The van der Waals surface area contributed by atoms with Crippen LogP contribution in [0.5, 0.6) is 5.75 Å². The number of nitrogens with zero attached hydrogens (tertiary/aromatic N) is 1. The predicted molar refractivity (Wildman–Crippen MR) is 90.8 cm³/mol. The van der Waals surface area contributed by atoms with E-state index >= 15 is 0 Å². The van der Waals surface area contributed by atoms with Gasteiger partial charge in [-0.3, -0.25) is 9.59 Å². The Morgan fingerprint density at radius 3 is 2.29 bits per heavy atom. The van der Waals surface area contributed by atoms with Gasteiger partial charge in [-0.2, -0.15) is 0 Å². The first-order chi connectivity index (χ1) is 11.7. The summed E-state index contributed by atoms with van der Waals surface area (Å²) < 4.78 is 9.95. The van der Waals surface area contributed by atoms with Crippen LogP contribution >= 0.6 is 0 Å². The molecule has 0 radical (unpaired) electrons. The number of carbonyl (C=O) groups is 2. The van der Waals surface area contributed by atoms with Crippen LogP contribution in [0.3, 0.4) is 0 Å². The third kappa shape index (κ3) is 4.59. The highest BCUT2D eigenvalue weighted by Gasteiger charge is 2.20. The van der Waals surface area contributed by atoms with Gasteiger partial charge in [0.05, 0.1) is 26.2 Å². The molecule has 0 saturated carbocycles. The molecule has 0 aliphatic heterocycles. The molecule has 5 heteroatoms. The van der Waals surface area contributed by atoms with Gasteiger partial charge in [-0.1, -0.05) is 42.5 Å². The van der Waals surface area contributed by atoms with Crippen molar-refractivity contribution in [1.29, 1.82) is 0 Å². The lowest BCUT2D eigenvalue weighted by Gasteiger charge is -2.23. The average Bonchev–Trinajstić information content (AvgIpc) is 2.64. The lowest BCUT2D eigenvalue weighted by Crippen LogP contribution is -2.33. The Morgan fingerprint density at radius 2 is 1.62 bits per heavy atom. The zero-order valence-electron chi connectivity index (χ0n) is 13.9. The first-order valence-corrected chi connectivity index (χ1v) is 7.68. The van der Waals surface area contributed by atoms with Gasteiger partial charge in [0.15, 0.2) is 0 Å². The van der Waals surface area contributed by atoms with E-state index in [0.717, 1.165) is 5.56 Å². The number of ether oxygens (including phenoxy) is 2. The first-order valence-electron chi connectivity index (χ1n) is 7.68. The van der Waals surface area contributed by atoms with Gasteiger partial charge in [0.1, 0.15) is 5.75 Å². The molecule has 2 rings (SSSR count). The van der Waals surface area contributed by atoms with Crippen molar-refractivity contribution < 1.29 is 19.1 Å². The van der Waals surface area contributed by atoms with Crippen molar-refractivity contribution in [3.63, 3.8) is 0 Å². The number of amides is 1. The molecule has 5 nitrogen and oxygen atoms in total. The number of carbonyl (C=O) groups excluding carboxylic acids is 2. The summed E-state index contributed by atoms with van der Waals surface area (Å²) in [5.41, 5.74) is 1.46. The van der Waals surface area contributed by atoms with Crippen molar-refractivity contribution in [3.05, 3.63) is 65.7 Å². The number of para-hydroxylation sites is 1. The molecule has 1 amide bonds. The third-order valence-corrected chi connectivity index (χ3v) is 3.65. The molecular formula is C19H21NO4. The SMILES string of the molecule is COC(=O)CCN(Cc1ccccc1)C(=O)c1ccccc1OC. The zero-order chi connectivity index (χ0) is 17.4. The largest absolute Gasteiger partial charge is 0.496 e. The Morgan fingerprint density at radius 1 is 0.958 bits per heavy atom. The minimum absolute atomic E-state index is 0.143. The predicted octanol–water partition coefficient (Wildman–Crippen LogP) is 2.90. The molecule has 2 aromatic rings. The van der Waals surface area contributed by atoms with Crippen molar-refractivity contribution >= 4 is 11.9 Å². The summed E-state index contributed by atoms with van der Waals surface area (Å²) in [4.78, 5) is 26.0. The number of rotatable bonds is 7. The molecule has 0 aromatic heterocycles. The minimum atomic E-state index is -0.346. The van der Waals surface area contributed by atoms with E-state index in [2.05, 4.69) is 4.74 Å². The van der Waals surface area contributed by atoms with Crippen LogP contribution < -0.4 is 4.74 Å². The molecule has 0 heterocycles. The summed E-state index contributed by atoms with van der Waals surface area (Å²) in [5.74, 6) is -0.0141. The van der Waals surface area contributed by atoms with E-state index in [1.165, 1.54) is 14.2 Å². The highest BCUT2D eigenvalue weighted by atomic mass is 16.5. The zero-order valence-corrected chi connectivity index (χ0v) is 13.9. The molecule has 2 aromatic carbocycles. The molecule has 126 valence electrons. The molecule has 0 aliphatic rings. The molecule has 0 N–H and O–H groups in total. The van der Waals surface area contributed by atoms with Gasteiger partial charge >= 0.3 is 5.97 Å². The smallest absolute Gasteiger partial charge is 0.307 e. The fourth-order valence-electron chi connectivity index (χ4n) is 2.38. The second kappa shape index (κ2) is 8.72. The van der Waals surface area contributed by atoms with Crippen LogP contribution in [0.2, 0.25) is 0 Å². The maximum atomic E-state index is 12.9. The number of hydrogen-bond acceptors (Lipinski definition) is 4. The summed E-state index contributed by atoms with van der Waals surface area (Å²) >= 11 is 0. The van der Waals surface area contributed by atoms with E-state index in [4.69, 9.17) is 4.74 Å². The molecule has 24 heavy (non-hydrogen) atoms. The monoisotopic (exact) mass is 327 g/mol. The Bertz CT molecular complexity index is 685. The van der Waals surface area contributed by atoms with Crippen LogP contribution in [-0.4, -0.2) is 37.5 Å². The van der Waals surface area contributed by atoms with Crippen molar-refractivity contribution in [2.45, 2.75) is 13.0 Å². The van der Waals surface area contributed by atoms with E-state index < -0.39 is 0 Å². The fourth-order valence-corrected chi connectivity index (χ4v) is 2.38. The second-order valence-corrected chi connectivity index (χ2v) is 5.24. The lowest BCUT2D eigenvalue weighted by atomic mass is 10.1. The van der Waals surface area contributed by atoms with Crippen LogP contribution in [0.1, 0.15) is 22.3 Å². The van der Waals surface area contributed by atoms with Gasteiger partial charge < -0.3 is 14.4 Å². The van der Waals surface area contributed by atoms with Crippen molar-refractivity contribution in [2.75, 3.05) is 20.8 Å². The molecule has 0 unspecified atom stereocenters. The minimum Gasteiger partial charge on any atom is -0.496 e. The van der Waals surface area contributed by atoms with Gasteiger partial charge in [-0.05, 0) is 17.7 Å². The Balaban J connectivity index is 2.23. The highest BCUT2D eigenvalue weighted by Crippen LogP contribution is 2.20. The molecule has 0 saturated heterocycles. The molecule has 0 atom stereocenters. The Labute approximate surface area is 141 Å². The number of hydrogen-bond donors (Lipinski definition) is 0. The molecular weight excluding hydrogens is 306 g/mol. The van der Waals surface area contributed by atoms with Crippen LogP contribution in [0, 0.1) is 0 Å². The highest BCUT2D eigenvalue weighted by molar-refractivity contribution is 5.97. The van der Waals surface area contributed by atoms with Crippen molar-refractivity contribution in [3.8, 4) is 5.75 Å². The van der Waals surface area contributed by atoms with Gasteiger partial charge in [0, 0.05) is 13.1 Å². The van der Waals surface area contributed by atoms with E-state index in [1.807, 2.05) is 36.4 Å². The van der Waals surface area contributed by atoms with E-state index in [0.29, 0.717) is 17.9 Å². The van der Waals surface area contributed by atoms with Crippen LogP contribution in [-0.2, 0) is 16.1 Å². The maximum Gasteiger partial charge on any atom is 0.307 e. The average molecular weight is 327 g/mol. The van der Waals surface area contributed by atoms with Crippen LogP contribution in [0.4, 0.5) is 0 Å². The normalized spacial score (nSPS) is 10.1. The summed E-state index contributed by atoms with van der Waals surface area (Å²) in [6.45, 7) is 0.688. The summed E-state index contributed by atoms with van der Waals surface area (Å²) in [5, 5.41) is 0. The van der Waals surface area contributed by atoms with Gasteiger partial charge in [0.2, 0.25) is 0 Å². The number of esters is 1. The summed E-state index contributed by atoms with van der Waals surface area (Å²) in [7, 11) is 2.87. The van der Waals surface area contributed by atoms with Gasteiger partial charge in [0.25, 0.3) is 5.91 Å². The standard InChI is InChI=1S/C19H21NO4/c1-23-17-11-7-6-10-16(17)19(22)20(13-12-18(21)24-2)14-15-8-4-3-5-9-15/h3-11H,12-14H2,1-2H3. The van der Waals surface area contributed by atoms with E-state index in [-0.39, 0.29) is 24.8 Å². The summed E-state index contributed by atoms with van der Waals surface area (Å²) in [6.07, 6.45) is 0.143. The number of methoxy groups -OCH3 is 2. The van der Waals surface area contributed by atoms with Crippen LogP contribution in [0.15, 0.2) is 54.6 Å². The Hall–Kier alpha value is -2.82. The lowest BCUT2D eigenvalue weighted by molar-refractivity contribution is -0.140. The molecule has 0 aliphatic carbocycles. The fraction of sp³-hybridized carbons (Fsp3) is 0.263. The first kappa shape index (κ1) is 17.5. The maximum absolute atomic E-state index is 12.9. The molecule has 0 bridgehead atoms. The van der Waals surface area contributed by atoms with E-state index in [9.17, 15) is 9.59 Å². The second-order valence-electron chi connectivity index (χ2n) is 5.24. The number of benzene rings is 2. The third-order valence-electron chi connectivity index (χ3n) is 3.65. The topological polar surface area (TPSA) is 55.8 Å². The quantitative estimate of drug-likeness (QED) is 0.734. The van der Waals surface area contributed by atoms with Crippen molar-refractivity contribution in [1.82, 2.24) is 4.90 Å². The molecule has 0 spiro atoms. The Kier molecular flexibility index (Phi) is 6.37. The van der Waals surface area contributed by atoms with Crippen molar-refractivity contribution in [2.24, 2.45) is 0 Å². The van der Waals surface area contributed by atoms with Gasteiger partial charge in [-0.25, -0.2) is 0 Å². The summed E-state index contributed by atoms with van der Waals surface area (Å²) in [6, 6.07) is 16.7. The van der Waals surface area contributed by atoms with E-state index in [1.54, 1.807) is 23.1 Å². The van der Waals surface area contributed by atoms with Crippen LogP contribution in [0.25, 0.3) is 0 Å².